The van der Waals surface area contributed by atoms with Gasteiger partial charge in [-0.3, -0.25) is 0 Å². The molecular weight excluding hydrogens is 246 g/mol. The van der Waals surface area contributed by atoms with Gasteiger partial charge in [0.2, 0.25) is 5.01 Å². The lowest BCUT2D eigenvalue weighted by Gasteiger charge is -1.93. The van der Waals surface area contributed by atoms with E-state index in [0.29, 0.717) is 5.82 Å². The molecule has 0 aliphatic carbocycles. The highest BCUT2D eigenvalue weighted by Gasteiger charge is 2.13. The van der Waals surface area contributed by atoms with Crippen LogP contribution in [0.2, 0.25) is 0 Å². The van der Waals surface area contributed by atoms with Crippen LogP contribution < -0.4 is 0 Å². The Hall–Kier alpha value is -2.22. The smallest absolute Gasteiger partial charge is 0.365 e. The molecule has 2 heterocycles. The first-order valence-corrected chi connectivity index (χ1v) is 5.32. The molecule has 8 heteroatoms. The molecule has 0 aliphatic rings. The fraction of sp³-hybridized carbons (Fsp3) is 0.111. The molecule has 2 rings (SSSR count). The van der Waals surface area contributed by atoms with E-state index in [1.54, 1.807) is 0 Å². The van der Waals surface area contributed by atoms with Crippen molar-refractivity contribution in [3.63, 3.8) is 0 Å². The van der Waals surface area contributed by atoms with E-state index >= 15 is 0 Å². The highest BCUT2D eigenvalue weighted by Crippen LogP contribution is 2.14. The molecule has 0 radical (unpaired) electrons. The van der Waals surface area contributed by atoms with Gasteiger partial charge in [-0.15, -0.1) is 11.3 Å². The molecule has 88 valence electrons. The van der Waals surface area contributed by atoms with Crippen molar-refractivity contribution in [3.05, 3.63) is 28.3 Å². The second kappa shape index (κ2) is 4.34. The quantitative estimate of drug-likeness (QED) is 0.813. The zero-order valence-electron chi connectivity index (χ0n) is 8.65. The van der Waals surface area contributed by atoms with Crippen LogP contribution in [-0.4, -0.2) is 38.9 Å². The summed E-state index contributed by atoms with van der Waals surface area (Å²) < 4.78 is 5.84. The topological polar surface area (TPSA) is 94.3 Å². The monoisotopic (exact) mass is 253 g/mol. The van der Waals surface area contributed by atoms with Gasteiger partial charge >= 0.3 is 11.9 Å². The minimum Gasteiger partial charge on any atom is -0.476 e. The fourth-order valence-electron chi connectivity index (χ4n) is 1.14. The van der Waals surface area contributed by atoms with Gasteiger partial charge in [0.25, 0.3) is 0 Å². The number of aromatic nitrogens is 3. The minimum atomic E-state index is -1.10. The summed E-state index contributed by atoms with van der Waals surface area (Å²) in [6.07, 6.45) is 2.75. The van der Waals surface area contributed by atoms with Crippen molar-refractivity contribution in [2.45, 2.75) is 0 Å². The minimum absolute atomic E-state index is 0.0323. The number of hydrogen-bond acceptors (Lipinski definition) is 6. The average Bonchev–Trinajstić information content (AvgIpc) is 2.95. The number of methoxy groups -OCH3 is 1. The third-order valence-corrected chi connectivity index (χ3v) is 2.73. The van der Waals surface area contributed by atoms with Crippen LogP contribution >= 0.6 is 11.3 Å². The Kier molecular flexibility index (Phi) is 2.88. The summed E-state index contributed by atoms with van der Waals surface area (Å²) in [7, 11) is 1.27. The number of nitrogens with zero attached hydrogens (tertiary/aromatic N) is 3. The maximum Gasteiger partial charge on any atom is 0.365 e. The molecule has 7 nitrogen and oxygen atoms in total. The lowest BCUT2D eigenvalue weighted by atomic mass is 10.4. The van der Waals surface area contributed by atoms with E-state index in [0.717, 1.165) is 11.3 Å². The Labute approximate surface area is 99.3 Å². The van der Waals surface area contributed by atoms with E-state index in [1.807, 2.05) is 0 Å². The van der Waals surface area contributed by atoms with E-state index < -0.39 is 11.9 Å². The number of carbonyl (C=O) groups excluding carboxylic acids is 1. The molecule has 2 aromatic heterocycles. The normalized spacial score (nSPS) is 10.2. The number of esters is 1. The lowest BCUT2D eigenvalue weighted by molar-refractivity contribution is 0.0599. The lowest BCUT2D eigenvalue weighted by Crippen LogP contribution is -2.00. The summed E-state index contributed by atoms with van der Waals surface area (Å²) in [4.78, 5) is 25.7. The number of carboxylic acid groups (broad SMARTS) is 1. The van der Waals surface area contributed by atoms with Gasteiger partial charge in [0.15, 0.2) is 5.82 Å². The van der Waals surface area contributed by atoms with Gasteiger partial charge in [-0.25, -0.2) is 19.3 Å². The predicted molar refractivity (Wildman–Crippen MR) is 57.5 cm³/mol. The Balaban J connectivity index is 2.30. The van der Waals surface area contributed by atoms with Gasteiger partial charge in [0, 0.05) is 11.6 Å². The summed E-state index contributed by atoms with van der Waals surface area (Å²) in [5.41, 5.74) is 0.275. The van der Waals surface area contributed by atoms with Crippen molar-refractivity contribution in [1.29, 1.82) is 0 Å². The van der Waals surface area contributed by atoms with Crippen molar-refractivity contribution in [3.8, 4) is 5.82 Å². The van der Waals surface area contributed by atoms with Crippen molar-refractivity contribution in [2.75, 3.05) is 7.11 Å². The van der Waals surface area contributed by atoms with Crippen LogP contribution in [0.15, 0.2) is 17.8 Å². The Morgan fingerprint density at radius 1 is 1.53 bits per heavy atom. The zero-order valence-corrected chi connectivity index (χ0v) is 9.47. The van der Waals surface area contributed by atoms with Crippen LogP contribution in [-0.2, 0) is 4.74 Å². The summed E-state index contributed by atoms with van der Waals surface area (Å²) in [6, 6.07) is 0. The zero-order chi connectivity index (χ0) is 12.4. The first kappa shape index (κ1) is 11.3. The highest BCUT2D eigenvalue weighted by molar-refractivity contribution is 7.11. The molecule has 0 aromatic carbocycles. The Morgan fingerprint density at radius 2 is 2.29 bits per heavy atom. The van der Waals surface area contributed by atoms with Crippen molar-refractivity contribution >= 4 is 23.3 Å². The largest absolute Gasteiger partial charge is 0.476 e. The van der Waals surface area contributed by atoms with Gasteiger partial charge < -0.3 is 9.84 Å². The molecule has 0 amide bonds. The fourth-order valence-corrected chi connectivity index (χ4v) is 1.76. The van der Waals surface area contributed by atoms with E-state index in [1.165, 1.54) is 29.6 Å². The second-order valence-corrected chi connectivity index (χ2v) is 3.84. The molecule has 2 aromatic rings. The highest BCUT2D eigenvalue weighted by atomic mass is 32.1. The summed E-state index contributed by atoms with van der Waals surface area (Å²) in [5, 5.41) is 14.1. The number of thiazole rings is 1. The van der Waals surface area contributed by atoms with Gasteiger partial charge in [0.05, 0.1) is 18.9 Å². The van der Waals surface area contributed by atoms with Crippen LogP contribution in [0.5, 0.6) is 0 Å². The number of carboxylic acids is 1. The number of ether oxygens (including phenoxy) is 1. The molecule has 17 heavy (non-hydrogen) atoms. The molecule has 0 unspecified atom stereocenters. The molecule has 1 N–H and O–H groups in total. The van der Waals surface area contributed by atoms with Crippen LogP contribution in [0.1, 0.15) is 20.2 Å². The number of aromatic carboxylic acids is 1. The van der Waals surface area contributed by atoms with Crippen LogP contribution in [0.4, 0.5) is 0 Å². The molecular formula is C9H7N3O4S. The van der Waals surface area contributed by atoms with Gasteiger partial charge in [-0.05, 0) is 0 Å². The van der Waals surface area contributed by atoms with Crippen LogP contribution in [0, 0.1) is 0 Å². The second-order valence-electron chi connectivity index (χ2n) is 2.98. The van der Waals surface area contributed by atoms with Gasteiger partial charge in [-0.1, -0.05) is 0 Å². The number of hydrogen-bond donors (Lipinski definition) is 1. The number of rotatable bonds is 3. The third kappa shape index (κ3) is 2.16. The SMILES string of the molecule is COC(=O)c1cnn(-c2csc(C(=O)O)n2)c1. The summed E-state index contributed by atoms with van der Waals surface area (Å²) in [6.45, 7) is 0. The van der Waals surface area contributed by atoms with E-state index in [2.05, 4.69) is 14.8 Å². The van der Waals surface area contributed by atoms with Crippen molar-refractivity contribution < 1.29 is 19.4 Å². The van der Waals surface area contributed by atoms with Crippen LogP contribution in [0.3, 0.4) is 0 Å². The van der Waals surface area contributed by atoms with Crippen LogP contribution in [0.25, 0.3) is 5.82 Å². The average molecular weight is 253 g/mol. The number of carbonyl (C=O) groups is 2. The third-order valence-electron chi connectivity index (χ3n) is 1.91. The Bertz CT molecular complexity index is 574. The molecule has 0 bridgehead atoms. The molecule has 0 spiro atoms. The van der Waals surface area contributed by atoms with Gasteiger partial charge in [-0.2, -0.15) is 5.10 Å². The molecule has 0 aliphatic heterocycles. The summed E-state index contributed by atoms with van der Waals surface area (Å²) in [5.74, 6) is -1.26. The summed E-state index contributed by atoms with van der Waals surface area (Å²) >= 11 is 0.988. The molecule has 0 fully saturated rings. The standard InChI is InChI=1S/C9H7N3O4S/c1-16-9(15)5-2-10-12(3-5)6-4-17-7(11-6)8(13)14/h2-4H,1H3,(H,13,14). The maximum atomic E-state index is 11.2. The van der Waals surface area contributed by atoms with E-state index in [-0.39, 0.29) is 10.6 Å². The molecule has 0 atom stereocenters. The molecule has 0 saturated heterocycles. The first-order valence-electron chi connectivity index (χ1n) is 4.44. The first-order chi connectivity index (χ1) is 8.11. The predicted octanol–water partition coefficient (Wildman–Crippen LogP) is 0.814. The maximum absolute atomic E-state index is 11.2. The van der Waals surface area contributed by atoms with E-state index in [4.69, 9.17) is 5.11 Å². The Morgan fingerprint density at radius 3 is 2.88 bits per heavy atom. The van der Waals surface area contributed by atoms with Gasteiger partial charge in [0.1, 0.15) is 0 Å². The van der Waals surface area contributed by atoms with Crippen molar-refractivity contribution in [2.24, 2.45) is 0 Å². The molecule has 0 saturated carbocycles. The van der Waals surface area contributed by atoms with E-state index in [9.17, 15) is 9.59 Å². The van der Waals surface area contributed by atoms with Crippen molar-refractivity contribution in [1.82, 2.24) is 14.8 Å².